The summed E-state index contributed by atoms with van der Waals surface area (Å²) in [7, 11) is 1.59. The van der Waals surface area contributed by atoms with Gasteiger partial charge in [0.1, 0.15) is 5.75 Å². The lowest BCUT2D eigenvalue weighted by atomic mass is 9.75. The Kier molecular flexibility index (Phi) is 4.88. The van der Waals surface area contributed by atoms with Crippen molar-refractivity contribution in [1.82, 2.24) is 15.3 Å². The number of rotatable bonds is 6. The highest BCUT2D eigenvalue weighted by molar-refractivity contribution is 7.07. The van der Waals surface area contributed by atoms with Gasteiger partial charge in [-0.2, -0.15) is 0 Å². The molecule has 7 heteroatoms. The van der Waals surface area contributed by atoms with E-state index in [2.05, 4.69) is 15.3 Å². The molecule has 2 aromatic heterocycles. The van der Waals surface area contributed by atoms with E-state index in [4.69, 9.17) is 4.74 Å². The van der Waals surface area contributed by atoms with E-state index >= 15 is 0 Å². The topological polar surface area (TPSA) is 84.3 Å². The monoisotopic (exact) mass is 333 g/mol. The molecule has 1 unspecified atom stereocenters. The van der Waals surface area contributed by atoms with Crippen LogP contribution in [0.2, 0.25) is 0 Å². The van der Waals surface area contributed by atoms with Gasteiger partial charge in [-0.15, -0.1) is 11.3 Å². The highest BCUT2D eigenvalue weighted by Crippen LogP contribution is 2.38. The molecule has 0 saturated heterocycles. The molecule has 0 radical (unpaired) electrons. The molecule has 2 aromatic rings. The zero-order chi connectivity index (χ0) is 16.2. The first kappa shape index (κ1) is 15.9. The van der Waals surface area contributed by atoms with Crippen LogP contribution < -0.4 is 10.1 Å². The Morgan fingerprint density at radius 1 is 1.52 bits per heavy atom. The summed E-state index contributed by atoms with van der Waals surface area (Å²) in [5.74, 6) is 0.782. The van der Waals surface area contributed by atoms with Crippen LogP contribution in [-0.4, -0.2) is 34.2 Å². The Morgan fingerprint density at radius 2 is 2.35 bits per heavy atom. The van der Waals surface area contributed by atoms with Crippen LogP contribution in [0.1, 0.15) is 30.1 Å². The van der Waals surface area contributed by atoms with Crippen molar-refractivity contribution in [3.8, 4) is 5.75 Å². The summed E-state index contributed by atoms with van der Waals surface area (Å²) in [5.41, 5.74) is 3.38. The normalized spacial score (nSPS) is 21.3. The van der Waals surface area contributed by atoms with Crippen molar-refractivity contribution in [2.45, 2.75) is 31.4 Å². The minimum Gasteiger partial charge on any atom is -0.495 e. The molecule has 2 N–H and O–H groups in total. The van der Waals surface area contributed by atoms with E-state index in [1.165, 1.54) is 11.3 Å². The van der Waals surface area contributed by atoms with E-state index in [1.54, 1.807) is 25.0 Å². The number of pyridine rings is 1. The van der Waals surface area contributed by atoms with E-state index in [0.29, 0.717) is 18.6 Å². The molecule has 1 fully saturated rings. The standard InChI is InChI=1S/C16H19N3O3S/c1-22-14-4-11(6-17-7-14)16(10-2-13(20)3-10)19-15(21)5-12-8-23-9-18-12/h4,6-10,13,16,20H,2-3,5H2,1H3,(H,19,21). The largest absolute Gasteiger partial charge is 0.495 e. The minimum atomic E-state index is -0.281. The number of hydrogen-bond donors (Lipinski definition) is 2. The molecule has 0 bridgehead atoms. The molecule has 23 heavy (non-hydrogen) atoms. The van der Waals surface area contributed by atoms with Gasteiger partial charge in [-0.05, 0) is 30.4 Å². The maximum absolute atomic E-state index is 12.3. The van der Waals surface area contributed by atoms with E-state index in [1.807, 2.05) is 11.4 Å². The molecular weight excluding hydrogens is 314 g/mol. The number of aromatic nitrogens is 2. The van der Waals surface area contributed by atoms with Gasteiger partial charge in [0.05, 0.1) is 43.1 Å². The maximum Gasteiger partial charge on any atom is 0.226 e. The highest BCUT2D eigenvalue weighted by Gasteiger charge is 2.36. The molecule has 1 aliphatic rings. The number of hydrogen-bond acceptors (Lipinski definition) is 6. The Bertz CT molecular complexity index is 656. The Balaban J connectivity index is 1.74. The third kappa shape index (κ3) is 3.86. The third-order valence-electron chi connectivity index (χ3n) is 4.09. The van der Waals surface area contributed by atoms with Crippen molar-refractivity contribution >= 4 is 17.2 Å². The summed E-state index contributed by atoms with van der Waals surface area (Å²) in [6, 6.07) is 1.71. The summed E-state index contributed by atoms with van der Waals surface area (Å²) in [5, 5.41) is 14.5. The first-order chi connectivity index (χ1) is 11.2. The van der Waals surface area contributed by atoms with Crippen molar-refractivity contribution in [3.63, 3.8) is 0 Å². The number of nitrogens with one attached hydrogen (secondary N) is 1. The summed E-state index contributed by atoms with van der Waals surface area (Å²) < 4.78 is 5.21. The second-order valence-electron chi connectivity index (χ2n) is 5.75. The molecule has 3 rings (SSSR count). The van der Waals surface area contributed by atoms with Gasteiger partial charge in [-0.3, -0.25) is 9.78 Å². The Labute approximate surface area is 138 Å². The number of aliphatic hydroxyl groups excluding tert-OH is 1. The molecule has 0 aromatic carbocycles. The molecule has 1 aliphatic carbocycles. The fraction of sp³-hybridized carbons (Fsp3) is 0.438. The molecule has 1 amide bonds. The number of amides is 1. The average molecular weight is 333 g/mol. The van der Waals surface area contributed by atoms with Crippen molar-refractivity contribution in [2.24, 2.45) is 5.92 Å². The molecule has 0 aliphatic heterocycles. The predicted octanol–water partition coefficient (Wildman–Crippen LogP) is 1.72. The van der Waals surface area contributed by atoms with Gasteiger partial charge in [0.2, 0.25) is 5.91 Å². The van der Waals surface area contributed by atoms with Gasteiger partial charge < -0.3 is 15.2 Å². The summed E-state index contributed by atoms with van der Waals surface area (Å²) in [6.45, 7) is 0. The second kappa shape index (κ2) is 7.06. The number of aliphatic hydroxyl groups is 1. The van der Waals surface area contributed by atoms with Crippen molar-refractivity contribution in [1.29, 1.82) is 0 Å². The van der Waals surface area contributed by atoms with E-state index in [-0.39, 0.29) is 30.4 Å². The second-order valence-corrected chi connectivity index (χ2v) is 6.46. The zero-order valence-corrected chi connectivity index (χ0v) is 13.6. The molecule has 6 nitrogen and oxygen atoms in total. The number of thiazole rings is 1. The third-order valence-corrected chi connectivity index (χ3v) is 4.73. The molecule has 1 atom stereocenters. The van der Waals surface area contributed by atoms with E-state index < -0.39 is 0 Å². The highest BCUT2D eigenvalue weighted by atomic mass is 32.1. The summed E-state index contributed by atoms with van der Waals surface area (Å²) >= 11 is 1.47. The first-order valence-corrected chi connectivity index (χ1v) is 8.43. The number of ether oxygens (including phenoxy) is 1. The van der Waals surface area contributed by atoms with E-state index in [0.717, 1.165) is 11.3 Å². The van der Waals surface area contributed by atoms with Gasteiger partial charge in [0.25, 0.3) is 0 Å². The van der Waals surface area contributed by atoms with Gasteiger partial charge in [0.15, 0.2) is 0 Å². The lowest BCUT2D eigenvalue weighted by Crippen LogP contribution is -2.42. The van der Waals surface area contributed by atoms with E-state index in [9.17, 15) is 9.90 Å². The maximum atomic E-state index is 12.3. The Hall–Kier alpha value is -1.99. The molecule has 1 saturated carbocycles. The lowest BCUT2D eigenvalue weighted by molar-refractivity contribution is -0.122. The fourth-order valence-electron chi connectivity index (χ4n) is 2.81. The van der Waals surface area contributed by atoms with Crippen LogP contribution in [-0.2, 0) is 11.2 Å². The van der Waals surface area contributed by atoms with Crippen molar-refractivity contribution < 1.29 is 14.6 Å². The SMILES string of the molecule is COc1cncc(C(NC(=O)Cc2cscn2)C2CC(O)C2)c1. The quantitative estimate of drug-likeness (QED) is 0.841. The molecule has 2 heterocycles. The first-order valence-electron chi connectivity index (χ1n) is 7.49. The molecule has 0 spiro atoms. The predicted molar refractivity (Wildman–Crippen MR) is 86.2 cm³/mol. The van der Waals surface area contributed by atoms with Crippen LogP contribution in [0.15, 0.2) is 29.4 Å². The average Bonchev–Trinajstić information content (AvgIpc) is 3.03. The lowest BCUT2D eigenvalue weighted by Gasteiger charge is -2.38. The van der Waals surface area contributed by atoms with Crippen LogP contribution in [0.25, 0.3) is 0 Å². The van der Waals surface area contributed by atoms with Gasteiger partial charge in [-0.25, -0.2) is 4.98 Å². The molecular formula is C16H19N3O3S. The number of methoxy groups -OCH3 is 1. The van der Waals surface area contributed by atoms with Gasteiger partial charge in [-0.1, -0.05) is 0 Å². The van der Waals surface area contributed by atoms with Crippen LogP contribution in [0.4, 0.5) is 0 Å². The van der Waals surface area contributed by atoms with Gasteiger partial charge >= 0.3 is 0 Å². The fourth-order valence-corrected chi connectivity index (χ4v) is 3.36. The van der Waals surface area contributed by atoms with Crippen molar-refractivity contribution in [3.05, 3.63) is 40.6 Å². The smallest absolute Gasteiger partial charge is 0.226 e. The summed E-state index contributed by atoms with van der Waals surface area (Å²) in [4.78, 5) is 20.6. The molecule has 122 valence electrons. The van der Waals surface area contributed by atoms with Gasteiger partial charge in [0, 0.05) is 11.6 Å². The Morgan fingerprint density at radius 3 is 3.00 bits per heavy atom. The van der Waals surface area contributed by atoms with Crippen LogP contribution >= 0.6 is 11.3 Å². The minimum absolute atomic E-state index is 0.0786. The number of nitrogens with zero attached hydrogens (tertiary/aromatic N) is 2. The zero-order valence-electron chi connectivity index (χ0n) is 12.8. The van der Waals surface area contributed by atoms with Crippen molar-refractivity contribution in [2.75, 3.05) is 7.11 Å². The number of carbonyl (C=O) groups excluding carboxylic acids is 1. The van der Waals surface area contributed by atoms with Crippen LogP contribution in [0.3, 0.4) is 0 Å². The summed E-state index contributed by atoms with van der Waals surface area (Å²) in [6.07, 6.45) is 4.70. The van der Waals surface area contributed by atoms with Crippen LogP contribution in [0, 0.1) is 5.92 Å². The number of carbonyl (C=O) groups is 1. The van der Waals surface area contributed by atoms with Crippen LogP contribution in [0.5, 0.6) is 5.75 Å².